The number of allylic oxidation sites excluding steroid dienone is 1. The van der Waals surface area contributed by atoms with Crippen molar-refractivity contribution in [2.24, 2.45) is 0 Å². The van der Waals surface area contributed by atoms with Crippen LogP contribution in [0.3, 0.4) is 0 Å². The van der Waals surface area contributed by atoms with E-state index in [9.17, 15) is 0 Å². The molecule has 0 spiro atoms. The Morgan fingerprint density at radius 2 is 1.94 bits per heavy atom. The number of nitrogens with zero attached hydrogens (tertiary/aromatic N) is 4. The maximum atomic E-state index is 8.91. The van der Waals surface area contributed by atoms with Gasteiger partial charge in [0.15, 0.2) is 0 Å². The molecule has 0 N–H and O–H groups in total. The molecule has 0 radical (unpaired) electrons. The summed E-state index contributed by atoms with van der Waals surface area (Å²) in [6, 6.07) is 8.54. The maximum absolute atomic E-state index is 8.91. The van der Waals surface area contributed by atoms with E-state index in [1.807, 2.05) is 0 Å². The third kappa shape index (κ3) is 2.64. The van der Waals surface area contributed by atoms with Gasteiger partial charge in [-0.1, -0.05) is 18.3 Å². The molecule has 0 aliphatic heterocycles. The Labute approximate surface area is 104 Å². The van der Waals surface area contributed by atoms with E-state index in [0.717, 1.165) is 17.3 Å². The molecule has 1 rings (SSSR count). The average molecular weight is 240 g/mol. The molecule has 0 bridgehead atoms. The van der Waals surface area contributed by atoms with Crippen LogP contribution < -0.4 is 0 Å². The number of thioether (sulfide) groups is 1. The first-order valence-corrected chi connectivity index (χ1v) is 5.44. The fourth-order valence-electron chi connectivity index (χ4n) is 1.10. The topological polar surface area (TPSA) is 84.3 Å². The van der Waals surface area contributed by atoms with E-state index in [-0.39, 0.29) is 0 Å². The molecule has 17 heavy (non-hydrogen) atoms. The molecule has 0 unspecified atom stereocenters. The largest absolute Gasteiger partial charge is 0.278 e. The van der Waals surface area contributed by atoms with Gasteiger partial charge in [-0.2, -0.15) is 15.8 Å². The van der Waals surface area contributed by atoms with Crippen LogP contribution in [0.4, 0.5) is 0 Å². The van der Waals surface area contributed by atoms with Crippen molar-refractivity contribution in [3.05, 3.63) is 30.6 Å². The first kappa shape index (κ1) is 12.8. The van der Waals surface area contributed by atoms with Crippen LogP contribution in [0.25, 0.3) is 5.57 Å². The van der Waals surface area contributed by atoms with E-state index in [1.165, 1.54) is 0 Å². The highest BCUT2D eigenvalue weighted by Crippen LogP contribution is 2.35. The normalized spacial score (nSPS) is 9.76. The van der Waals surface area contributed by atoms with Gasteiger partial charge in [-0.3, -0.25) is 4.98 Å². The van der Waals surface area contributed by atoms with Crippen LogP contribution >= 0.6 is 11.8 Å². The van der Waals surface area contributed by atoms with E-state index in [0.29, 0.717) is 10.6 Å². The molecule has 0 aliphatic rings. The lowest BCUT2D eigenvalue weighted by molar-refractivity contribution is 1.13. The minimum Gasteiger partial charge on any atom is -0.255 e. The summed E-state index contributed by atoms with van der Waals surface area (Å²) in [6.07, 6.45) is 1.60. The van der Waals surface area contributed by atoms with Crippen LogP contribution in [0.5, 0.6) is 0 Å². The van der Waals surface area contributed by atoms with E-state index in [4.69, 9.17) is 15.8 Å². The Morgan fingerprint density at radius 1 is 1.35 bits per heavy atom. The SMILES string of the molecule is C=C(C)c1ncccc1SC(C#N)(C#N)C#N. The molecule has 4 nitrogen and oxygen atoms in total. The second-order valence-corrected chi connectivity index (χ2v) is 4.51. The first-order valence-electron chi connectivity index (χ1n) is 4.62. The fourth-order valence-corrected chi connectivity index (χ4v) is 2.04. The Kier molecular flexibility index (Phi) is 3.88. The summed E-state index contributed by atoms with van der Waals surface area (Å²) in [5.41, 5.74) is 1.32. The smallest absolute Gasteiger partial charge is 0.255 e. The van der Waals surface area contributed by atoms with Gasteiger partial charge in [0, 0.05) is 11.1 Å². The Morgan fingerprint density at radius 3 is 2.41 bits per heavy atom. The van der Waals surface area contributed by atoms with Gasteiger partial charge >= 0.3 is 0 Å². The van der Waals surface area contributed by atoms with Crippen molar-refractivity contribution >= 4 is 17.3 Å². The van der Waals surface area contributed by atoms with E-state index in [2.05, 4.69) is 11.6 Å². The van der Waals surface area contributed by atoms with Crippen molar-refractivity contribution in [2.75, 3.05) is 0 Å². The Balaban J connectivity index is 3.22. The molecule has 82 valence electrons. The zero-order valence-electron chi connectivity index (χ0n) is 9.14. The van der Waals surface area contributed by atoms with Crippen LogP contribution in [-0.2, 0) is 0 Å². The summed E-state index contributed by atoms with van der Waals surface area (Å²) >= 11 is 0.884. The van der Waals surface area contributed by atoms with E-state index < -0.39 is 4.75 Å². The fraction of sp³-hybridized carbons (Fsp3) is 0.167. The highest BCUT2D eigenvalue weighted by Gasteiger charge is 2.32. The highest BCUT2D eigenvalue weighted by atomic mass is 32.2. The zero-order valence-corrected chi connectivity index (χ0v) is 9.95. The number of aromatic nitrogens is 1. The minimum absolute atomic E-state index is 0.600. The van der Waals surface area contributed by atoms with Gasteiger partial charge in [0.05, 0.1) is 5.69 Å². The van der Waals surface area contributed by atoms with Crippen molar-refractivity contribution in [3.8, 4) is 18.2 Å². The standard InChI is InChI=1S/C12H8N4S/c1-9(2)11-10(4-3-5-16-11)17-12(6-13,7-14)8-15/h3-5H,1H2,2H3. The summed E-state index contributed by atoms with van der Waals surface area (Å²) < 4.78 is -1.74. The molecule has 0 aliphatic carbocycles. The van der Waals surface area contributed by atoms with Gasteiger partial charge in [-0.05, 0) is 24.6 Å². The number of rotatable bonds is 3. The summed E-state index contributed by atoms with van der Waals surface area (Å²) in [4.78, 5) is 4.72. The molecule has 0 amide bonds. The first-order chi connectivity index (χ1) is 8.08. The summed E-state index contributed by atoms with van der Waals surface area (Å²) in [7, 11) is 0. The third-order valence-electron chi connectivity index (χ3n) is 1.91. The molecular weight excluding hydrogens is 232 g/mol. The van der Waals surface area contributed by atoms with Gasteiger partial charge in [-0.25, -0.2) is 0 Å². The lowest BCUT2D eigenvalue weighted by atomic mass is 10.2. The van der Waals surface area contributed by atoms with Crippen LogP contribution in [-0.4, -0.2) is 9.73 Å². The van der Waals surface area contributed by atoms with Crippen molar-refractivity contribution < 1.29 is 0 Å². The second-order valence-electron chi connectivity index (χ2n) is 3.25. The average Bonchev–Trinajstić information content (AvgIpc) is 2.36. The van der Waals surface area contributed by atoms with Gasteiger partial charge in [-0.15, -0.1) is 0 Å². The van der Waals surface area contributed by atoms with Crippen molar-refractivity contribution in [3.63, 3.8) is 0 Å². The predicted molar refractivity (Wildman–Crippen MR) is 64.4 cm³/mol. The Bertz CT molecular complexity index is 535. The van der Waals surface area contributed by atoms with Crippen LogP contribution in [0.1, 0.15) is 12.6 Å². The number of nitriles is 3. The lowest BCUT2D eigenvalue weighted by Crippen LogP contribution is -2.16. The third-order valence-corrected chi connectivity index (χ3v) is 3.04. The van der Waals surface area contributed by atoms with Crippen LogP contribution in [0.15, 0.2) is 29.8 Å². The lowest BCUT2D eigenvalue weighted by Gasteiger charge is -2.11. The van der Waals surface area contributed by atoms with Crippen molar-refractivity contribution in [1.29, 1.82) is 15.8 Å². The van der Waals surface area contributed by atoms with Crippen molar-refractivity contribution in [2.45, 2.75) is 16.6 Å². The van der Waals surface area contributed by atoms with E-state index >= 15 is 0 Å². The molecule has 0 saturated heterocycles. The molecule has 0 saturated carbocycles. The molecule has 0 aromatic carbocycles. The quantitative estimate of drug-likeness (QED) is 0.758. The number of hydrogen-bond acceptors (Lipinski definition) is 5. The summed E-state index contributed by atoms with van der Waals surface area (Å²) in [5.74, 6) is 0. The van der Waals surface area contributed by atoms with E-state index in [1.54, 1.807) is 43.5 Å². The molecular formula is C12H8N4S. The molecule has 0 fully saturated rings. The van der Waals surface area contributed by atoms with Gasteiger partial charge < -0.3 is 0 Å². The number of hydrogen-bond donors (Lipinski definition) is 0. The minimum atomic E-state index is -1.74. The molecule has 1 aromatic rings. The maximum Gasteiger partial charge on any atom is 0.278 e. The van der Waals surface area contributed by atoms with Gasteiger partial charge in [0.25, 0.3) is 4.75 Å². The monoisotopic (exact) mass is 240 g/mol. The van der Waals surface area contributed by atoms with Crippen LogP contribution in [0.2, 0.25) is 0 Å². The summed E-state index contributed by atoms with van der Waals surface area (Å²) in [6.45, 7) is 5.55. The zero-order chi connectivity index (χ0) is 12.9. The second kappa shape index (κ2) is 5.16. The van der Waals surface area contributed by atoms with Crippen LogP contribution in [0, 0.1) is 34.0 Å². The highest BCUT2D eigenvalue weighted by molar-refractivity contribution is 8.01. The molecule has 1 heterocycles. The van der Waals surface area contributed by atoms with Gasteiger partial charge in [0.2, 0.25) is 0 Å². The molecule has 1 aromatic heterocycles. The number of pyridine rings is 1. The summed E-state index contributed by atoms with van der Waals surface area (Å²) in [5, 5.41) is 26.7. The van der Waals surface area contributed by atoms with Crippen molar-refractivity contribution in [1.82, 2.24) is 4.98 Å². The molecule has 5 heteroatoms. The predicted octanol–water partition coefficient (Wildman–Crippen LogP) is 2.52. The molecule has 0 atom stereocenters. The van der Waals surface area contributed by atoms with Gasteiger partial charge in [0.1, 0.15) is 18.2 Å². The Hall–Kier alpha value is -2.29.